The first kappa shape index (κ1) is 12.7. The molecule has 0 fully saturated rings. The quantitative estimate of drug-likeness (QED) is 0.779. The molecule has 0 radical (unpaired) electrons. The van der Waals surface area contributed by atoms with E-state index in [9.17, 15) is 5.26 Å². The lowest BCUT2D eigenvalue weighted by molar-refractivity contribution is 0.254. The number of hydrogen-bond donors (Lipinski definition) is 0. The van der Waals surface area contributed by atoms with Gasteiger partial charge in [0, 0.05) is 7.05 Å². The summed E-state index contributed by atoms with van der Waals surface area (Å²) in [4.78, 5) is 6.56. The first-order chi connectivity index (χ1) is 7.56. The summed E-state index contributed by atoms with van der Waals surface area (Å²) in [6.07, 6.45) is 0. The van der Waals surface area contributed by atoms with Crippen LogP contribution in [-0.4, -0.2) is 27.5 Å². The Morgan fingerprint density at radius 3 is 2.25 bits per heavy atom. The van der Waals surface area contributed by atoms with E-state index in [1.54, 1.807) is 0 Å². The lowest BCUT2D eigenvalue weighted by atomic mass is 10.1. The molecule has 0 aliphatic carbocycles. The first-order valence-electron chi connectivity index (χ1n) is 5.70. The molecule has 0 bridgehead atoms. The van der Waals surface area contributed by atoms with Crippen molar-refractivity contribution in [3.63, 3.8) is 0 Å². The normalized spacial score (nSPS) is 12.8. The first-order valence-corrected chi connectivity index (χ1v) is 5.70. The largest absolute Gasteiger partial charge is 0.333 e. The summed E-state index contributed by atoms with van der Waals surface area (Å²) in [7, 11) is 1.97. The third-order valence-electron chi connectivity index (χ3n) is 3.11. The average Bonchev–Trinajstić information content (AvgIpc) is 2.51. The van der Waals surface area contributed by atoms with Crippen molar-refractivity contribution in [3.05, 3.63) is 17.2 Å². The molecule has 1 aromatic rings. The monoisotopic (exact) mass is 220 g/mol. The van der Waals surface area contributed by atoms with E-state index in [0.717, 1.165) is 30.3 Å². The van der Waals surface area contributed by atoms with Crippen LogP contribution < -0.4 is 0 Å². The molecule has 16 heavy (non-hydrogen) atoms. The summed E-state index contributed by atoms with van der Waals surface area (Å²) in [6.45, 7) is 9.83. The Bertz CT molecular complexity index is 396. The third kappa shape index (κ3) is 2.10. The van der Waals surface area contributed by atoms with Gasteiger partial charge in [0.2, 0.25) is 0 Å². The molecule has 0 saturated carbocycles. The van der Waals surface area contributed by atoms with Gasteiger partial charge in [-0.1, -0.05) is 13.8 Å². The maximum Gasteiger partial charge on any atom is 0.140 e. The smallest absolute Gasteiger partial charge is 0.140 e. The summed E-state index contributed by atoms with van der Waals surface area (Å²) in [5, 5.41) is 9.34. The molecule has 0 N–H and O–H groups in total. The molecular weight excluding hydrogens is 200 g/mol. The minimum absolute atomic E-state index is 0.193. The van der Waals surface area contributed by atoms with E-state index in [-0.39, 0.29) is 6.04 Å². The second kappa shape index (κ2) is 5.13. The SMILES string of the molecule is CCN(CC)C(C#N)c1c(C)nc(C)n1C. The Hall–Kier alpha value is -1.34. The van der Waals surface area contributed by atoms with Crippen LogP contribution in [0.5, 0.6) is 0 Å². The topological polar surface area (TPSA) is 44.9 Å². The predicted molar refractivity (Wildman–Crippen MR) is 64.0 cm³/mol. The van der Waals surface area contributed by atoms with Gasteiger partial charge in [0.25, 0.3) is 0 Å². The van der Waals surface area contributed by atoms with E-state index in [1.807, 2.05) is 25.5 Å². The molecule has 88 valence electrons. The van der Waals surface area contributed by atoms with Crippen molar-refractivity contribution in [2.75, 3.05) is 13.1 Å². The number of hydrogen-bond acceptors (Lipinski definition) is 3. The molecule has 0 saturated heterocycles. The summed E-state index contributed by atoms with van der Waals surface area (Å²) in [5.41, 5.74) is 1.97. The van der Waals surface area contributed by atoms with Gasteiger partial charge in [-0.15, -0.1) is 0 Å². The maximum atomic E-state index is 9.34. The van der Waals surface area contributed by atoms with Gasteiger partial charge in [-0.3, -0.25) is 4.90 Å². The van der Waals surface area contributed by atoms with Gasteiger partial charge in [-0.2, -0.15) is 5.26 Å². The molecule has 0 amide bonds. The Morgan fingerprint density at radius 2 is 1.94 bits per heavy atom. The van der Waals surface area contributed by atoms with Gasteiger partial charge >= 0.3 is 0 Å². The molecule has 1 atom stereocenters. The average molecular weight is 220 g/mol. The zero-order chi connectivity index (χ0) is 12.3. The second-order valence-corrected chi connectivity index (χ2v) is 3.94. The van der Waals surface area contributed by atoms with Crippen molar-refractivity contribution in [3.8, 4) is 6.07 Å². The highest BCUT2D eigenvalue weighted by Crippen LogP contribution is 2.23. The van der Waals surface area contributed by atoms with Crippen LogP contribution in [0.25, 0.3) is 0 Å². The van der Waals surface area contributed by atoms with Gasteiger partial charge in [0.1, 0.15) is 11.9 Å². The van der Waals surface area contributed by atoms with Crippen molar-refractivity contribution in [2.24, 2.45) is 7.05 Å². The zero-order valence-electron chi connectivity index (χ0n) is 10.8. The van der Waals surface area contributed by atoms with Gasteiger partial charge in [0.15, 0.2) is 0 Å². The van der Waals surface area contributed by atoms with Crippen LogP contribution >= 0.6 is 0 Å². The Kier molecular flexibility index (Phi) is 4.08. The van der Waals surface area contributed by atoms with Crippen LogP contribution in [0.1, 0.15) is 37.1 Å². The van der Waals surface area contributed by atoms with Crippen LogP contribution in [-0.2, 0) is 7.05 Å². The fourth-order valence-electron chi connectivity index (χ4n) is 2.08. The van der Waals surface area contributed by atoms with E-state index in [1.165, 1.54) is 0 Å². The fraction of sp³-hybridized carbons (Fsp3) is 0.667. The van der Waals surface area contributed by atoms with E-state index < -0.39 is 0 Å². The van der Waals surface area contributed by atoms with E-state index >= 15 is 0 Å². The lowest BCUT2D eigenvalue weighted by Gasteiger charge is -2.24. The molecule has 1 unspecified atom stereocenters. The van der Waals surface area contributed by atoms with E-state index in [4.69, 9.17) is 0 Å². The van der Waals surface area contributed by atoms with E-state index in [0.29, 0.717) is 0 Å². The van der Waals surface area contributed by atoms with Crippen molar-refractivity contribution < 1.29 is 0 Å². The van der Waals surface area contributed by atoms with Crippen LogP contribution in [0.2, 0.25) is 0 Å². The summed E-state index contributed by atoms with van der Waals surface area (Å²) in [6, 6.07) is 2.19. The highest BCUT2D eigenvalue weighted by atomic mass is 15.2. The molecular formula is C12H20N4. The molecule has 0 aliphatic heterocycles. The van der Waals surface area contributed by atoms with Crippen LogP contribution in [0.15, 0.2) is 0 Å². The van der Waals surface area contributed by atoms with Gasteiger partial charge in [-0.25, -0.2) is 4.98 Å². The third-order valence-corrected chi connectivity index (χ3v) is 3.11. The summed E-state index contributed by atoms with van der Waals surface area (Å²) in [5.74, 6) is 0.958. The van der Waals surface area contributed by atoms with Crippen LogP contribution in [0.3, 0.4) is 0 Å². The van der Waals surface area contributed by atoms with Gasteiger partial charge < -0.3 is 4.57 Å². The van der Waals surface area contributed by atoms with Gasteiger partial charge in [0.05, 0.1) is 17.5 Å². The Morgan fingerprint density at radius 1 is 1.38 bits per heavy atom. The molecule has 4 nitrogen and oxygen atoms in total. The Labute approximate surface area is 97.5 Å². The van der Waals surface area contributed by atoms with Crippen molar-refractivity contribution in [1.29, 1.82) is 5.26 Å². The summed E-state index contributed by atoms with van der Waals surface area (Å²) < 4.78 is 2.02. The minimum atomic E-state index is -0.193. The van der Waals surface area contributed by atoms with Crippen molar-refractivity contribution in [2.45, 2.75) is 33.7 Å². The predicted octanol–water partition coefficient (Wildman–Crippen LogP) is 1.94. The second-order valence-electron chi connectivity index (χ2n) is 3.94. The zero-order valence-corrected chi connectivity index (χ0v) is 10.8. The number of nitrogens with zero attached hydrogens (tertiary/aromatic N) is 4. The number of rotatable bonds is 4. The molecule has 1 heterocycles. The van der Waals surface area contributed by atoms with Crippen LogP contribution in [0.4, 0.5) is 0 Å². The highest BCUT2D eigenvalue weighted by Gasteiger charge is 2.23. The molecule has 0 aliphatic rings. The molecule has 0 spiro atoms. The highest BCUT2D eigenvalue weighted by molar-refractivity contribution is 5.24. The molecule has 1 rings (SSSR count). The maximum absolute atomic E-state index is 9.34. The molecule has 0 aromatic carbocycles. The number of nitriles is 1. The lowest BCUT2D eigenvalue weighted by Crippen LogP contribution is -2.29. The Balaban J connectivity index is 3.19. The molecule has 1 aromatic heterocycles. The standard InChI is InChI=1S/C12H20N4/c1-6-16(7-2)11(8-13)12-9(3)14-10(4)15(12)5/h11H,6-7H2,1-5H3. The number of imidazole rings is 1. The number of aryl methyl sites for hydroxylation is 2. The summed E-state index contributed by atoms with van der Waals surface area (Å²) >= 11 is 0. The van der Waals surface area contributed by atoms with Crippen LogP contribution in [0, 0.1) is 25.2 Å². The minimum Gasteiger partial charge on any atom is -0.333 e. The van der Waals surface area contributed by atoms with Crippen molar-refractivity contribution in [1.82, 2.24) is 14.5 Å². The van der Waals surface area contributed by atoms with Crippen molar-refractivity contribution >= 4 is 0 Å². The number of aromatic nitrogens is 2. The van der Waals surface area contributed by atoms with Gasteiger partial charge in [-0.05, 0) is 26.9 Å². The van der Waals surface area contributed by atoms with E-state index in [2.05, 4.69) is 29.8 Å². The fourth-order valence-corrected chi connectivity index (χ4v) is 2.08. The molecule has 4 heteroatoms.